The molecule has 0 bridgehead atoms. The molecule has 5 heteroatoms. The maximum Gasteiger partial charge on any atom is 0.170 e. The van der Waals surface area contributed by atoms with Crippen LogP contribution in [0.1, 0.15) is 19.2 Å². The number of fused-ring (bicyclic) bond motifs is 1. The molecule has 108 valence electrons. The van der Waals surface area contributed by atoms with E-state index in [1.165, 1.54) is 6.07 Å². The van der Waals surface area contributed by atoms with Gasteiger partial charge in [-0.15, -0.1) is 0 Å². The highest BCUT2D eigenvalue weighted by atomic mass is 19.1. The van der Waals surface area contributed by atoms with E-state index in [1.54, 1.807) is 25.2 Å². The molecule has 0 saturated carbocycles. The Morgan fingerprint density at radius 3 is 2.81 bits per heavy atom. The molecule has 0 aliphatic rings. The third-order valence-electron chi connectivity index (χ3n) is 3.25. The fourth-order valence-electron chi connectivity index (χ4n) is 2.24. The number of rotatable bonds is 4. The highest BCUT2D eigenvalue weighted by Gasteiger charge is 2.12. The summed E-state index contributed by atoms with van der Waals surface area (Å²) in [5, 5.41) is 3.74. The first-order valence-electron chi connectivity index (χ1n) is 6.95. The molecule has 21 heavy (non-hydrogen) atoms. The van der Waals surface area contributed by atoms with Crippen LogP contribution in [0.5, 0.6) is 0 Å². The van der Waals surface area contributed by atoms with E-state index in [0.717, 1.165) is 29.9 Å². The van der Waals surface area contributed by atoms with Crippen molar-refractivity contribution in [1.82, 2.24) is 9.97 Å². The van der Waals surface area contributed by atoms with E-state index in [1.807, 2.05) is 6.07 Å². The van der Waals surface area contributed by atoms with E-state index in [-0.39, 0.29) is 11.4 Å². The molecule has 0 unspecified atom stereocenters. The van der Waals surface area contributed by atoms with Gasteiger partial charge in [-0.2, -0.15) is 0 Å². The maximum atomic E-state index is 13.7. The van der Waals surface area contributed by atoms with Gasteiger partial charge in [0.05, 0.1) is 0 Å². The van der Waals surface area contributed by atoms with E-state index < -0.39 is 0 Å². The molecule has 3 rings (SSSR count). The Hall–Kier alpha value is -2.43. The summed E-state index contributed by atoms with van der Waals surface area (Å²) in [6.45, 7) is 2.08. The van der Waals surface area contributed by atoms with Gasteiger partial charge in [0.15, 0.2) is 17.2 Å². The quantitative estimate of drug-likeness (QED) is 0.786. The standard InChI is InChI=1S/C16H16FN3O/c1-3-5-14-19-12(9-15(18-2)20-14)13-8-10-6-4-7-11(17)16(10)21-13/h4,6-9H,3,5H2,1-2H3,(H,18,19,20). The first-order chi connectivity index (χ1) is 10.2. The lowest BCUT2D eigenvalue weighted by atomic mass is 10.2. The zero-order valence-electron chi connectivity index (χ0n) is 12.0. The van der Waals surface area contributed by atoms with Gasteiger partial charge < -0.3 is 9.73 Å². The topological polar surface area (TPSA) is 51.0 Å². The summed E-state index contributed by atoms with van der Waals surface area (Å²) in [5.41, 5.74) is 0.919. The van der Waals surface area contributed by atoms with Gasteiger partial charge in [0.25, 0.3) is 0 Å². The van der Waals surface area contributed by atoms with Gasteiger partial charge in [0, 0.05) is 24.9 Å². The number of furan rings is 1. The van der Waals surface area contributed by atoms with Gasteiger partial charge in [-0.05, 0) is 18.6 Å². The van der Waals surface area contributed by atoms with Crippen LogP contribution in [-0.2, 0) is 6.42 Å². The molecular formula is C16H16FN3O. The van der Waals surface area contributed by atoms with Crippen LogP contribution < -0.4 is 5.32 Å². The smallest absolute Gasteiger partial charge is 0.170 e. The Morgan fingerprint density at radius 1 is 1.24 bits per heavy atom. The summed E-state index contributed by atoms with van der Waals surface area (Å²) in [6.07, 6.45) is 1.75. The van der Waals surface area contributed by atoms with Gasteiger partial charge in [-0.25, -0.2) is 14.4 Å². The van der Waals surface area contributed by atoms with Crippen molar-refractivity contribution in [2.45, 2.75) is 19.8 Å². The van der Waals surface area contributed by atoms with Crippen LogP contribution in [0.15, 0.2) is 34.7 Å². The number of nitrogens with one attached hydrogen (secondary N) is 1. The first kappa shape index (κ1) is 13.5. The number of nitrogens with zero attached hydrogens (tertiary/aromatic N) is 2. The van der Waals surface area contributed by atoms with Crippen molar-refractivity contribution in [1.29, 1.82) is 0 Å². The number of halogens is 1. The fraction of sp³-hybridized carbons (Fsp3) is 0.250. The number of anilines is 1. The van der Waals surface area contributed by atoms with Crippen LogP contribution in [0.3, 0.4) is 0 Å². The van der Waals surface area contributed by atoms with Gasteiger partial charge in [-0.3, -0.25) is 0 Å². The molecule has 0 radical (unpaired) electrons. The van der Waals surface area contributed by atoms with Crippen molar-refractivity contribution in [3.8, 4) is 11.5 Å². The molecular weight excluding hydrogens is 269 g/mol. The van der Waals surface area contributed by atoms with Crippen molar-refractivity contribution >= 4 is 16.8 Å². The Bertz CT molecular complexity index is 782. The monoisotopic (exact) mass is 285 g/mol. The molecule has 0 saturated heterocycles. The second-order valence-electron chi connectivity index (χ2n) is 4.82. The number of para-hydroxylation sites is 1. The van der Waals surface area contributed by atoms with Crippen molar-refractivity contribution in [3.05, 3.63) is 42.0 Å². The fourth-order valence-corrected chi connectivity index (χ4v) is 2.24. The van der Waals surface area contributed by atoms with Crippen molar-refractivity contribution < 1.29 is 8.81 Å². The summed E-state index contributed by atoms with van der Waals surface area (Å²) in [7, 11) is 1.81. The molecule has 1 N–H and O–H groups in total. The van der Waals surface area contributed by atoms with Crippen molar-refractivity contribution in [2.75, 3.05) is 12.4 Å². The lowest BCUT2D eigenvalue weighted by Crippen LogP contribution is -2.01. The third kappa shape index (κ3) is 2.59. The summed E-state index contributed by atoms with van der Waals surface area (Å²) in [6, 6.07) is 8.47. The van der Waals surface area contributed by atoms with Crippen LogP contribution in [-0.4, -0.2) is 17.0 Å². The highest BCUT2D eigenvalue weighted by molar-refractivity contribution is 5.82. The predicted molar refractivity (Wildman–Crippen MR) is 80.7 cm³/mol. The first-order valence-corrected chi connectivity index (χ1v) is 6.95. The minimum absolute atomic E-state index is 0.258. The Balaban J connectivity index is 2.12. The second kappa shape index (κ2) is 5.52. The average Bonchev–Trinajstić information content (AvgIpc) is 2.93. The molecule has 4 nitrogen and oxygen atoms in total. The molecule has 1 aromatic carbocycles. The summed E-state index contributed by atoms with van der Waals surface area (Å²) < 4.78 is 19.3. The minimum Gasteiger partial charge on any atom is -0.451 e. The number of benzene rings is 1. The summed E-state index contributed by atoms with van der Waals surface area (Å²) in [5.74, 6) is 1.66. The molecule has 0 aliphatic heterocycles. The van der Waals surface area contributed by atoms with Crippen LogP contribution in [0, 0.1) is 5.82 Å². The number of hydrogen-bond donors (Lipinski definition) is 1. The van der Waals surface area contributed by atoms with E-state index >= 15 is 0 Å². The Morgan fingerprint density at radius 2 is 2.10 bits per heavy atom. The Kier molecular flexibility index (Phi) is 3.56. The van der Waals surface area contributed by atoms with E-state index in [9.17, 15) is 4.39 Å². The number of hydrogen-bond acceptors (Lipinski definition) is 4. The van der Waals surface area contributed by atoms with Gasteiger partial charge in [-0.1, -0.05) is 19.1 Å². The molecule has 0 atom stereocenters. The normalized spacial score (nSPS) is 11.0. The van der Waals surface area contributed by atoms with E-state index in [0.29, 0.717) is 11.5 Å². The van der Waals surface area contributed by atoms with Gasteiger partial charge in [0.2, 0.25) is 0 Å². The largest absolute Gasteiger partial charge is 0.451 e. The lowest BCUT2D eigenvalue weighted by molar-refractivity contribution is 0.567. The third-order valence-corrected chi connectivity index (χ3v) is 3.25. The molecule has 3 aromatic rings. The van der Waals surface area contributed by atoms with Gasteiger partial charge in [0.1, 0.15) is 17.3 Å². The Labute approximate surface area is 122 Å². The van der Waals surface area contributed by atoms with Crippen molar-refractivity contribution in [3.63, 3.8) is 0 Å². The summed E-state index contributed by atoms with van der Waals surface area (Å²) >= 11 is 0. The molecule has 0 spiro atoms. The van der Waals surface area contributed by atoms with E-state index in [2.05, 4.69) is 22.2 Å². The average molecular weight is 285 g/mol. The molecule has 2 heterocycles. The molecule has 0 fully saturated rings. The second-order valence-corrected chi connectivity index (χ2v) is 4.82. The zero-order valence-corrected chi connectivity index (χ0v) is 12.0. The molecule has 0 aliphatic carbocycles. The van der Waals surface area contributed by atoms with Crippen LogP contribution in [0.2, 0.25) is 0 Å². The number of aryl methyl sites for hydroxylation is 1. The number of aromatic nitrogens is 2. The van der Waals surface area contributed by atoms with Crippen LogP contribution in [0.25, 0.3) is 22.4 Å². The SMILES string of the molecule is CCCc1nc(NC)cc(-c2cc3cccc(F)c3o2)n1. The van der Waals surface area contributed by atoms with Crippen LogP contribution in [0.4, 0.5) is 10.2 Å². The zero-order chi connectivity index (χ0) is 14.8. The highest BCUT2D eigenvalue weighted by Crippen LogP contribution is 2.29. The van der Waals surface area contributed by atoms with Crippen LogP contribution >= 0.6 is 0 Å². The lowest BCUT2D eigenvalue weighted by Gasteiger charge is -2.05. The minimum atomic E-state index is -0.365. The van der Waals surface area contributed by atoms with Gasteiger partial charge >= 0.3 is 0 Å². The predicted octanol–water partition coefficient (Wildman–Crippen LogP) is 4.02. The van der Waals surface area contributed by atoms with E-state index in [4.69, 9.17) is 4.42 Å². The maximum absolute atomic E-state index is 13.7. The molecule has 2 aromatic heterocycles. The van der Waals surface area contributed by atoms with Crippen molar-refractivity contribution in [2.24, 2.45) is 0 Å². The molecule has 0 amide bonds. The summed E-state index contributed by atoms with van der Waals surface area (Å²) in [4.78, 5) is 8.90.